The van der Waals surface area contributed by atoms with Gasteiger partial charge in [-0.1, -0.05) is 133 Å². The minimum absolute atomic E-state index is 0.342. The maximum atomic E-state index is 5.20. The zero-order chi connectivity index (χ0) is 28.6. The number of nitrogens with zero attached hydrogens (tertiary/aromatic N) is 2. The van der Waals surface area contributed by atoms with Crippen LogP contribution in [0.4, 0.5) is 0 Å². The summed E-state index contributed by atoms with van der Waals surface area (Å²) in [7, 11) is 0. The first-order valence-electron chi connectivity index (χ1n) is 14.5. The van der Waals surface area contributed by atoms with Crippen LogP contribution in [0.1, 0.15) is 22.9 Å². The van der Waals surface area contributed by atoms with Gasteiger partial charge >= 0.3 is 0 Å². The van der Waals surface area contributed by atoms with Gasteiger partial charge in [-0.25, -0.2) is 9.98 Å². The van der Waals surface area contributed by atoms with E-state index in [1.165, 1.54) is 42.4 Å². The molecule has 8 rings (SSSR count). The molecule has 7 aromatic rings. The molecular formula is C39H27N3S. The number of aliphatic imine (C=N–C) groups is 2. The third kappa shape index (κ3) is 4.72. The van der Waals surface area contributed by atoms with Crippen molar-refractivity contribution >= 4 is 43.2 Å². The molecule has 1 unspecified atom stereocenters. The van der Waals surface area contributed by atoms with Gasteiger partial charge in [-0.15, -0.1) is 11.3 Å². The normalized spacial score (nSPS) is 14.7. The van der Waals surface area contributed by atoms with Gasteiger partial charge in [-0.3, -0.25) is 0 Å². The monoisotopic (exact) mass is 569 g/mol. The zero-order valence-electron chi connectivity index (χ0n) is 23.3. The predicted octanol–water partition coefficient (Wildman–Crippen LogP) is 9.88. The van der Waals surface area contributed by atoms with Crippen LogP contribution in [-0.2, 0) is 0 Å². The van der Waals surface area contributed by atoms with E-state index in [0.717, 1.165) is 28.4 Å². The first-order valence-corrected chi connectivity index (χ1v) is 15.3. The van der Waals surface area contributed by atoms with Crippen molar-refractivity contribution in [1.82, 2.24) is 5.32 Å². The summed E-state index contributed by atoms with van der Waals surface area (Å²) in [4.78, 5) is 10.2. The summed E-state index contributed by atoms with van der Waals surface area (Å²) in [5.41, 5.74) is 7.96. The van der Waals surface area contributed by atoms with Crippen molar-refractivity contribution in [3.8, 4) is 22.3 Å². The molecule has 204 valence electrons. The standard InChI is InChI=1S/C39H27N3S/c1-4-14-26(15-5-1)30-20-10-11-21-31(30)33-24-29(25-35-36(33)32-22-12-13-23-34(32)43-35)39-41-37(27-16-6-2-7-17-27)40-38(42-39)28-18-8-3-9-19-28/h1-25,37H,(H,40,41,42). The molecular weight excluding hydrogens is 543 g/mol. The molecule has 0 radical (unpaired) electrons. The second-order valence-corrected chi connectivity index (χ2v) is 11.7. The number of hydrogen-bond acceptors (Lipinski definition) is 4. The Kier molecular flexibility index (Phi) is 6.39. The van der Waals surface area contributed by atoms with Crippen molar-refractivity contribution < 1.29 is 0 Å². The van der Waals surface area contributed by atoms with Gasteiger partial charge in [0.25, 0.3) is 0 Å². The van der Waals surface area contributed by atoms with Gasteiger partial charge < -0.3 is 5.32 Å². The topological polar surface area (TPSA) is 36.8 Å². The van der Waals surface area contributed by atoms with Gasteiger partial charge in [-0.2, -0.15) is 0 Å². The predicted molar refractivity (Wildman–Crippen MR) is 182 cm³/mol. The Morgan fingerprint density at radius 3 is 1.79 bits per heavy atom. The smallest absolute Gasteiger partial charge is 0.169 e. The summed E-state index contributed by atoms with van der Waals surface area (Å²) < 4.78 is 2.52. The number of nitrogens with one attached hydrogen (secondary N) is 1. The number of amidine groups is 2. The average Bonchev–Trinajstić information content (AvgIpc) is 3.47. The fourth-order valence-electron chi connectivity index (χ4n) is 5.90. The van der Waals surface area contributed by atoms with Gasteiger partial charge in [0, 0.05) is 31.3 Å². The maximum absolute atomic E-state index is 5.20. The highest BCUT2D eigenvalue weighted by Crippen LogP contribution is 2.43. The lowest BCUT2D eigenvalue weighted by Gasteiger charge is -2.23. The minimum Gasteiger partial charge on any atom is -0.324 e. The molecule has 2 heterocycles. The van der Waals surface area contributed by atoms with Crippen LogP contribution in [0.2, 0.25) is 0 Å². The molecule has 4 heteroatoms. The minimum atomic E-state index is -0.342. The summed E-state index contributed by atoms with van der Waals surface area (Å²) >= 11 is 1.83. The number of rotatable bonds is 5. The number of benzene rings is 6. The Morgan fingerprint density at radius 2 is 1.05 bits per heavy atom. The van der Waals surface area contributed by atoms with Gasteiger partial charge in [0.15, 0.2) is 6.17 Å². The Labute approximate surface area is 254 Å². The fraction of sp³-hybridized carbons (Fsp3) is 0.0256. The number of fused-ring (bicyclic) bond motifs is 3. The molecule has 0 amide bonds. The SMILES string of the molecule is c1ccc(C2=NC(c3ccccc3)N=C(c3cc(-c4ccccc4-c4ccccc4)c4c(c3)sc3ccccc34)N2)cc1. The molecule has 0 aliphatic carbocycles. The lowest BCUT2D eigenvalue weighted by Crippen LogP contribution is -2.36. The summed E-state index contributed by atoms with van der Waals surface area (Å²) in [5, 5.41) is 6.17. The number of hydrogen-bond donors (Lipinski definition) is 1. The van der Waals surface area contributed by atoms with Crippen molar-refractivity contribution in [3.05, 3.63) is 168 Å². The summed E-state index contributed by atoms with van der Waals surface area (Å²) in [6.07, 6.45) is -0.342. The van der Waals surface area contributed by atoms with Gasteiger partial charge in [0.05, 0.1) is 0 Å². The van der Waals surface area contributed by atoms with Crippen LogP contribution in [0.5, 0.6) is 0 Å². The molecule has 3 nitrogen and oxygen atoms in total. The molecule has 43 heavy (non-hydrogen) atoms. The van der Waals surface area contributed by atoms with Crippen LogP contribution >= 0.6 is 11.3 Å². The van der Waals surface area contributed by atoms with E-state index in [1.54, 1.807) is 0 Å². The highest BCUT2D eigenvalue weighted by atomic mass is 32.1. The lowest BCUT2D eigenvalue weighted by atomic mass is 9.90. The van der Waals surface area contributed by atoms with E-state index in [9.17, 15) is 0 Å². The van der Waals surface area contributed by atoms with E-state index >= 15 is 0 Å². The third-order valence-electron chi connectivity index (χ3n) is 7.94. The van der Waals surface area contributed by atoms with E-state index in [1.807, 2.05) is 47.7 Å². The van der Waals surface area contributed by atoms with E-state index in [4.69, 9.17) is 9.98 Å². The first-order chi connectivity index (χ1) is 21.3. The van der Waals surface area contributed by atoms with Crippen LogP contribution in [0, 0.1) is 0 Å². The average molecular weight is 570 g/mol. The Bertz CT molecular complexity index is 2150. The fourth-order valence-corrected chi connectivity index (χ4v) is 7.08. The largest absolute Gasteiger partial charge is 0.324 e. The van der Waals surface area contributed by atoms with E-state index in [-0.39, 0.29) is 6.17 Å². The lowest BCUT2D eigenvalue weighted by molar-refractivity contribution is 0.756. The second-order valence-electron chi connectivity index (χ2n) is 10.6. The molecule has 1 aliphatic rings. The Hall–Kier alpha value is -5.32. The Morgan fingerprint density at radius 1 is 0.465 bits per heavy atom. The van der Waals surface area contributed by atoms with Crippen molar-refractivity contribution in [1.29, 1.82) is 0 Å². The van der Waals surface area contributed by atoms with Crippen molar-refractivity contribution in [2.75, 3.05) is 0 Å². The van der Waals surface area contributed by atoms with Gasteiger partial charge in [-0.05, 0) is 46.0 Å². The van der Waals surface area contributed by atoms with Crippen LogP contribution in [0.25, 0.3) is 42.4 Å². The summed E-state index contributed by atoms with van der Waals surface area (Å²) in [6, 6.07) is 53.3. The highest BCUT2D eigenvalue weighted by molar-refractivity contribution is 7.26. The van der Waals surface area contributed by atoms with Crippen molar-refractivity contribution in [2.45, 2.75) is 6.17 Å². The van der Waals surface area contributed by atoms with E-state index in [0.29, 0.717) is 0 Å². The molecule has 1 N–H and O–H groups in total. The summed E-state index contributed by atoms with van der Waals surface area (Å²) in [6.45, 7) is 0. The van der Waals surface area contributed by atoms with Crippen LogP contribution in [-0.4, -0.2) is 11.7 Å². The third-order valence-corrected chi connectivity index (χ3v) is 9.06. The van der Waals surface area contributed by atoms with Crippen molar-refractivity contribution in [3.63, 3.8) is 0 Å². The molecule has 6 aromatic carbocycles. The van der Waals surface area contributed by atoms with Crippen LogP contribution < -0.4 is 5.32 Å². The molecule has 0 bridgehead atoms. The quantitative estimate of drug-likeness (QED) is 0.220. The van der Waals surface area contributed by atoms with Crippen LogP contribution in [0.3, 0.4) is 0 Å². The highest BCUT2D eigenvalue weighted by Gasteiger charge is 2.23. The molecule has 1 atom stereocenters. The first kappa shape index (κ1) is 25.4. The van der Waals surface area contributed by atoms with E-state index in [2.05, 4.69) is 121 Å². The number of thiophene rings is 1. The molecule has 0 fully saturated rings. The van der Waals surface area contributed by atoms with Crippen LogP contribution in [0.15, 0.2) is 162 Å². The Balaban J connectivity index is 1.36. The zero-order valence-corrected chi connectivity index (χ0v) is 24.1. The van der Waals surface area contributed by atoms with Crippen molar-refractivity contribution in [2.24, 2.45) is 9.98 Å². The molecule has 0 saturated heterocycles. The maximum Gasteiger partial charge on any atom is 0.169 e. The second kappa shape index (κ2) is 10.8. The molecule has 0 spiro atoms. The molecule has 1 aromatic heterocycles. The van der Waals surface area contributed by atoms with Gasteiger partial charge in [0.2, 0.25) is 0 Å². The molecule has 0 saturated carbocycles. The van der Waals surface area contributed by atoms with Gasteiger partial charge in [0.1, 0.15) is 11.7 Å². The summed E-state index contributed by atoms with van der Waals surface area (Å²) in [5.74, 6) is 1.64. The van der Waals surface area contributed by atoms with E-state index < -0.39 is 0 Å². The molecule has 1 aliphatic heterocycles.